The van der Waals surface area contributed by atoms with Crippen molar-refractivity contribution in [1.29, 1.82) is 0 Å². The summed E-state index contributed by atoms with van der Waals surface area (Å²) in [5.41, 5.74) is 9.99. The number of carbonyl (C=O) groups is 4. The minimum atomic E-state index is -0.729. The number of urea groups is 1. The van der Waals surface area contributed by atoms with E-state index in [0.717, 1.165) is 71.8 Å². The number of hydrogen-bond acceptors (Lipinski definition) is 15. The highest BCUT2D eigenvalue weighted by molar-refractivity contribution is 8.00. The fourth-order valence-corrected chi connectivity index (χ4v) is 15.5. The van der Waals surface area contributed by atoms with E-state index in [0.29, 0.717) is 95.1 Å². The lowest BCUT2D eigenvalue weighted by molar-refractivity contribution is -0.137. The molecule has 6 atom stereocenters. The van der Waals surface area contributed by atoms with Crippen LogP contribution in [-0.2, 0) is 27.5 Å². The molecule has 0 aliphatic carbocycles. The van der Waals surface area contributed by atoms with Gasteiger partial charge in [0.25, 0.3) is 0 Å². The molecule has 4 saturated heterocycles. The molecule has 4 aliphatic rings. The summed E-state index contributed by atoms with van der Waals surface area (Å²) in [6, 6.07) is 21.9. The van der Waals surface area contributed by atoms with Gasteiger partial charge in [-0.2, -0.15) is 33.7 Å². The Balaban J connectivity index is 0.000000165. The van der Waals surface area contributed by atoms with Crippen LogP contribution in [0.2, 0.25) is 0 Å². The summed E-state index contributed by atoms with van der Waals surface area (Å²) in [4.78, 5) is 71.0. The second-order valence-electron chi connectivity index (χ2n) is 23.6. The number of nitrogens with one attached hydrogen (secondary N) is 6. The van der Waals surface area contributed by atoms with Gasteiger partial charge < -0.3 is 61.7 Å². The predicted molar refractivity (Wildman–Crippen MR) is 343 cm³/mol. The highest BCUT2D eigenvalue weighted by Gasteiger charge is 2.44. The maximum atomic E-state index is 12.8. The van der Waals surface area contributed by atoms with Gasteiger partial charge in [0.1, 0.15) is 23.0 Å². The largest absolute Gasteiger partial charge is 0.508 e. The molecule has 26 heteroatoms. The fraction of sp³-hybridized carbons (Fsp3) is 0.429. The van der Waals surface area contributed by atoms with E-state index < -0.39 is 17.3 Å². The topological polar surface area (TPSA) is 355 Å². The number of carboxylic acid groups (broad SMARTS) is 1. The molecule has 0 unspecified atom stereocenters. The zero-order valence-electron chi connectivity index (χ0n) is 50.1. The van der Waals surface area contributed by atoms with E-state index in [1.165, 1.54) is 21.3 Å². The molecule has 4 aliphatic heterocycles. The van der Waals surface area contributed by atoms with Crippen LogP contribution < -0.4 is 38.4 Å². The maximum absolute atomic E-state index is 12.8. The number of aliphatic carboxylic acids is 1. The molecule has 4 aromatic carbocycles. The number of hydrogen-bond donors (Lipinski definition) is 12. The highest BCUT2D eigenvalue weighted by Crippen LogP contribution is 2.42. The standard InChI is InChI=1S/C32H38N6O5S.C21H23N5O3.C10H16N2O3S/c1-18(2)21-14-23(27(40)16-26(21)39)31-35-36-32(43)38(31)20-7-8-25-19(13-20)9-11-37(25)12-10-33-29(41)6-4-3-5-28-22-15-30(42)34-24(22)17-44-28;1-12(2)15-10-16(19(28)11-18(15)27)20-23-24-21(29)26(20)14-3-4-17-13(9-14)5-7-25(17)8-6-22;13-8(14)4-2-1-3-7-9-6(5-16-7)11-10(15)12-9/h7-9,11,13-14,16,18,22,24,28,39-40H,3-6,10,12,15,17H2,1-2H3,(H,33,41)(H,34,42)(H,36,43);3-5,7,9-12,27-28H,6,8,22H2,1-2H3,(H,24,29);6-7,9H,1-5H2,(H,13,14)(H2,11,12,15)/t22-,24-,28+;;6-,7+,9-/m1.1/s1. The first-order chi connectivity index (χ1) is 42.8. The molecule has 0 spiro atoms. The third-order valence-corrected chi connectivity index (χ3v) is 20.0. The Morgan fingerprint density at radius 2 is 1.17 bits per heavy atom. The van der Waals surface area contributed by atoms with Crippen LogP contribution in [0, 0.1) is 5.92 Å². The van der Waals surface area contributed by atoms with Crippen molar-refractivity contribution in [1.82, 2.24) is 59.9 Å². The number of benzene rings is 4. The van der Waals surface area contributed by atoms with E-state index in [4.69, 9.17) is 10.8 Å². The van der Waals surface area contributed by atoms with E-state index >= 15 is 0 Å². The molecule has 8 heterocycles. The number of nitrogens with zero attached hydrogens (tertiary/aromatic N) is 6. The molecule has 0 radical (unpaired) electrons. The van der Waals surface area contributed by atoms with Gasteiger partial charge in [-0.25, -0.2) is 33.7 Å². The van der Waals surface area contributed by atoms with Crippen LogP contribution in [0.5, 0.6) is 23.0 Å². The summed E-state index contributed by atoms with van der Waals surface area (Å²) in [5.74, 6) is 2.13. The summed E-state index contributed by atoms with van der Waals surface area (Å²) in [6.07, 6.45) is 10.8. The van der Waals surface area contributed by atoms with Crippen LogP contribution >= 0.6 is 23.5 Å². The predicted octanol–water partition coefficient (Wildman–Crippen LogP) is 7.49. The molecular formula is C63H77N13O11S2. The Morgan fingerprint density at radius 1 is 0.640 bits per heavy atom. The number of phenols is 4. The first-order valence-electron chi connectivity index (χ1n) is 30.2. The van der Waals surface area contributed by atoms with Crippen molar-refractivity contribution < 1.29 is 44.7 Å². The number of carboxylic acids is 1. The van der Waals surface area contributed by atoms with Crippen molar-refractivity contribution in [2.24, 2.45) is 11.7 Å². The zero-order valence-corrected chi connectivity index (χ0v) is 51.7. The Bertz CT molecular complexity index is 4010. The molecule has 8 aromatic rings. The number of nitrogens with two attached hydrogens (primary N) is 1. The van der Waals surface area contributed by atoms with Crippen LogP contribution in [0.4, 0.5) is 4.79 Å². The fourth-order valence-electron chi connectivity index (χ4n) is 12.3. The van der Waals surface area contributed by atoms with Crippen molar-refractivity contribution in [3.05, 3.63) is 117 Å². The molecular weight excluding hydrogens is 1180 g/mol. The molecule has 12 rings (SSSR count). The number of aromatic nitrogens is 8. The summed E-state index contributed by atoms with van der Waals surface area (Å²) >= 11 is 3.82. The van der Waals surface area contributed by atoms with Gasteiger partial charge in [0, 0.05) is 126 Å². The quantitative estimate of drug-likeness (QED) is 0.0245. The third kappa shape index (κ3) is 14.3. The number of rotatable bonds is 21. The van der Waals surface area contributed by atoms with Gasteiger partial charge in [-0.15, -0.1) is 0 Å². The highest BCUT2D eigenvalue weighted by atomic mass is 32.2. The smallest absolute Gasteiger partial charge is 0.348 e. The lowest BCUT2D eigenvalue weighted by atomic mass is 9.94. The normalized spacial score (nSPS) is 19.2. The average molecular weight is 1260 g/mol. The summed E-state index contributed by atoms with van der Waals surface area (Å²) in [6.45, 7) is 10.1. The summed E-state index contributed by atoms with van der Waals surface area (Å²) in [5, 5.41) is 77.9. The van der Waals surface area contributed by atoms with E-state index in [2.05, 4.69) is 50.8 Å². The van der Waals surface area contributed by atoms with Gasteiger partial charge in [-0.3, -0.25) is 14.4 Å². The Labute approximate surface area is 521 Å². The van der Waals surface area contributed by atoms with E-state index in [9.17, 15) is 49.2 Å². The Hall–Kier alpha value is -8.62. The molecule has 13 N–H and O–H groups in total. The van der Waals surface area contributed by atoms with Crippen LogP contribution in [0.3, 0.4) is 0 Å². The van der Waals surface area contributed by atoms with E-state index in [1.54, 1.807) is 12.1 Å². The van der Waals surface area contributed by atoms with Crippen molar-refractivity contribution in [2.75, 3.05) is 24.6 Å². The van der Waals surface area contributed by atoms with Gasteiger partial charge >= 0.3 is 23.4 Å². The van der Waals surface area contributed by atoms with Gasteiger partial charge in [0.15, 0.2) is 11.6 Å². The number of amides is 4. The SMILES string of the molecule is CC(C)c1cc(-c2n[nH]c(=O)n2-c2ccc3c(ccn3CCN)c2)c(O)cc1O.CC(C)c1cc(-c2n[nH]c(=O)n2-c2ccc3c(ccn3CCNC(=O)CCCC[C@@H]3SC[C@H]4NC(=O)C[C@@H]34)c2)c(O)cc1O.O=C(O)CCCC[C@@H]1SC[C@H]2NC(=O)N[C@@H]12. The van der Waals surface area contributed by atoms with Crippen LogP contribution in [0.25, 0.3) is 56.0 Å². The molecule has 4 aromatic heterocycles. The Kier molecular flexibility index (Phi) is 19.8. The van der Waals surface area contributed by atoms with E-state index in [-0.39, 0.29) is 82.8 Å². The maximum Gasteiger partial charge on any atom is 0.348 e. The van der Waals surface area contributed by atoms with Gasteiger partial charge in [0.2, 0.25) is 11.8 Å². The zero-order chi connectivity index (χ0) is 63.2. The second kappa shape index (κ2) is 27.8. The molecule has 0 bridgehead atoms. The van der Waals surface area contributed by atoms with E-state index in [1.807, 2.05) is 112 Å². The molecule has 472 valence electrons. The van der Waals surface area contributed by atoms with Crippen LogP contribution in [0.15, 0.2) is 94.8 Å². The van der Waals surface area contributed by atoms with Crippen molar-refractivity contribution in [2.45, 2.75) is 139 Å². The number of unbranched alkanes of at least 4 members (excludes halogenated alkanes) is 2. The lowest BCUT2D eigenvalue weighted by Gasteiger charge is -2.16. The summed E-state index contributed by atoms with van der Waals surface area (Å²) < 4.78 is 6.93. The van der Waals surface area contributed by atoms with Crippen LogP contribution in [0.1, 0.15) is 108 Å². The summed E-state index contributed by atoms with van der Waals surface area (Å²) in [7, 11) is 0. The number of phenolic OH excluding ortho intramolecular Hbond substituents is 4. The number of fused-ring (bicyclic) bond motifs is 4. The first kappa shape index (κ1) is 63.4. The minimum absolute atomic E-state index is 0.00171. The number of H-pyrrole nitrogens is 2. The first-order valence-corrected chi connectivity index (χ1v) is 32.3. The van der Waals surface area contributed by atoms with Gasteiger partial charge in [-0.05, 0) is 109 Å². The van der Waals surface area contributed by atoms with Crippen molar-refractivity contribution in [3.63, 3.8) is 0 Å². The van der Waals surface area contributed by atoms with Crippen molar-refractivity contribution >= 4 is 69.1 Å². The number of thioether (sulfide) groups is 2. The molecule has 4 fully saturated rings. The lowest BCUT2D eigenvalue weighted by Crippen LogP contribution is -2.36. The third-order valence-electron chi connectivity index (χ3n) is 16.9. The minimum Gasteiger partial charge on any atom is -0.508 e. The number of carbonyl (C=O) groups excluding carboxylic acids is 3. The molecule has 24 nitrogen and oxygen atoms in total. The Morgan fingerprint density at radius 3 is 1.72 bits per heavy atom. The molecule has 0 saturated carbocycles. The molecule has 4 amide bonds. The van der Waals surface area contributed by atoms with Gasteiger partial charge in [0.05, 0.1) is 34.6 Å². The number of aromatic amines is 2. The van der Waals surface area contributed by atoms with Gasteiger partial charge in [-0.1, -0.05) is 40.5 Å². The van der Waals surface area contributed by atoms with Crippen LogP contribution in [-0.4, -0.2) is 141 Å². The average Bonchev–Trinajstić information content (AvgIpc) is 1.87. The second-order valence-corrected chi connectivity index (χ2v) is 26.1. The number of aromatic hydroxyl groups is 4. The monoisotopic (exact) mass is 1260 g/mol. The van der Waals surface area contributed by atoms with Crippen molar-refractivity contribution in [3.8, 4) is 57.1 Å². The molecule has 89 heavy (non-hydrogen) atoms.